The van der Waals surface area contributed by atoms with Crippen LogP contribution in [0.5, 0.6) is 0 Å². The van der Waals surface area contributed by atoms with Gasteiger partial charge in [0.05, 0.1) is 11.8 Å². The van der Waals surface area contributed by atoms with E-state index >= 15 is 0 Å². The van der Waals surface area contributed by atoms with Gasteiger partial charge in [-0.05, 0) is 45.2 Å². The quantitative estimate of drug-likeness (QED) is 0.852. The molecule has 18 heavy (non-hydrogen) atoms. The van der Waals surface area contributed by atoms with Gasteiger partial charge in [-0.3, -0.25) is 0 Å². The van der Waals surface area contributed by atoms with Crippen molar-refractivity contribution in [2.24, 2.45) is 5.92 Å². The third-order valence-corrected chi connectivity index (χ3v) is 4.25. The molecule has 3 rings (SSSR count). The van der Waals surface area contributed by atoms with Crippen molar-refractivity contribution in [3.8, 4) is 0 Å². The smallest absolute Gasteiger partial charge is 0.111 e. The molecule has 2 aliphatic heterocycles. The normalized spacial score (nSPS) is 29.2. The number of nitrogens with zero attached hydrogens (tertiary/aromatic N) is 3. The maximum Gasteiger partial charge on any atom is 0.111 e. The van der Waals surface area contributed by atoms with Crippen molar-refractivity contribution in [1.82, 2.24) is 14.5 Å². The van der Waals surface area contributed by atoms with Gasteiger partial charge >= 0.3 is 0 Å². The standard InChI is InChI=1S/C14H23N3O/c1-16-5-2-3-11(9-16)7-12-10-17-6-4-13(18)8-14(17)15-12/h10-11,13,18H,2-9H2,1H3. The third kappa shape index (κ3) is 2.59. The Labute approximate surface area is 109 Å². The number of hydrogen-bond acceptors (Lipinski definition) is 3. The van der Waals surface area contributed by atoms with Crippen LogP contribution in [0.15, 0.2) is 6.20 Å². The van der Waals surface area contributed by atoms with E-state index in [-0.39, 0.29) is 6.10 Å². The molecule has 0 aromatic carbocycles. The van der Waals surface area contributed by atoms with Crippen molar-refractivity contribution in [1.29, 1.82) is 0 Å². The zero-order valence-corrected chi connectivity index (χ0v) is 11.2. The molecule has 2 aliphatic rings. The summed E-state index contributed by atoms with van der Waals surface area (Å²) in [6.07, 6.45) is 7.35. The number of aromatic nitrogens is 2. The van der Waals surface area contributed by atoms with Gasteiger partial charge in [0.1, 0.15) is 5.82 Å². The van der Waals surface area contributed by atoms with Crippen molar-refractivity contribution in [2.45, 2.75) is 44.8 Å². The molecule has 1 saturated heterocycles. The van der Waals surface area contributed by atoms with Crippen LogP contribution >= 0.6 is 0 Å². The summed E-state index contributed by atoms with van der Waals surface area (Å²) in [4.78, 5) is 7.13. The zero-order chi connectivity index (χ0) is 12.5. The molecule has 0 spiro atoms. The van der Waals surface area contributed by atoms with Crippen molar-refractivity contribution in [3.63, 3.8) is 0 Å². The average molecular weight is 249 g/mol. The zero-order valence-electron chi connectivity index (χ0n) is 11.2. The molecule has 2 unspecified atom stereocenters. The van der Waals surface area contributed by atoms with Gasteiger partial charge in [0.2, 0.25) is 0 Å². The lowest BCUT2D eigenvalue weighted by molar-refractivity contribution is 0.141. The lowest BCUT2D eigenvalue weighted by Gasteiger charge is -2.29. The molecule has 0 bridgehead atoms. The largest absolute Gasteiger partial charge is 0.393 e. The lowest BCUT2D eigenvalue weighted by atomic mass is 9.94. The second-order valence-corrected chi connectivity index (χ2v) is 5.96. The van der Waals surface area contributed by atoms with E-state index in [0.29, 0.717) is 0 Å². The van der Waals surface area contributed by atoms with E-state index in [1.807, 2.05) is 0 Å². The molecule has 0 amide bonds. The van der Waals surface area contributed by atoms with E-state index < -0.39 is 0 Å². The van der Waals surface area contributed by atoms with Gasteiger partial charge in [0.15, 0.2) is 0 Å². The first-order valence-electron chi connectivity index (χ1n) is 7.12. The molecule has 1 N–H and O–H groups in total. The molecule has 100 valence electrons. The van der Waals surface area contributed by atoms with Crippen molar-refractivity contribution in [2.75, 3.05) is 20.1 Å². The minimum Gasteiger partial charge on any atom is -0.393 e. The fraction of sp³-hybridized carbons (Fsp3) is 0.786. The molecular formula is C14H23N3O. The van der Waals surface area contributed by atoms with Gasteiger partial charge in [-0.1, -0.05) is 0 Å². The maximum absolute atomic E-state index is 9.66. The molecule has 0 aliphatic carbocycles. The summed E-state index contributed by atoms with van der Waals surface area (Å²) in [5.74, 6) is 1.83. The fourth-order valence-electron chi connectivity index (χ4n) is 3.30. The summed E-state index contributed by atoms with van der Waals surface area (Å²) in [5, 5.41) is 9.66. The minimum atomic E-state index is -0.187. The number of fused-ring (bicyclic) bond motifs is 1. The van der Waals surface area contributed by atoms with E-state index in [0.717, 1.165) is 37.5 Å². The number of piperidine rings is 1. The van der Waals surface area contributed by atoms with E-state index in [1.54, 1.807) is 0 Å². The van der Waals surface area contributed by atoms with E-state index in [9.17, 15) is 5.11 Å². The van der Waals surface area contributed by atoms with Gasteiger partial charge in [0, 0.05) is 25.7 Å². The summed E-state index contributed by atoms with van der Waals surface area (Å²) in [6.45, 7) is 3.36. The van der Waals surface area contributed by atoms with Gasteiger partial charge in [-0.2, -0.15) is 0 Å². The van der Waals surface area contributed by atoms with Crippen molar-refractivity contribution < 1.29 is 5.11 Å². The predicted octanol–water partition coefficient (Wildman–Crippen LogP) is 1.07. The SMILES string of the molecule is CN1CCCC(Cc2cn3c(n2)CC(O)CC3)C1. The number of imidazole rings is 1. The molecule has 1 aromatic rings. The molecule has 1 aromatic heterocycles. The van der Waals surface area contributed by atoms with Crippen LogP contribution in [-0.2, 0) is 19.4 Å². The van der Waals surface area contributed by atoms with Crippen LogP contribution in [0.3, 0.4) is 0 Å². The molecule has 3 heterocycles. The van der Waals surface area contributed by atoms with E-state index in [1.165, 1.54) is 31.6 Å². The molecule has 1 fully saturated rings. The summed E-state index contributed by atoms with van der Waals surface area (Å²) in [7, 11) is 2.21. The summed E-state index contributed by atoms with van der Waals surface area (Å²) in [6, 6.07) is 0. The first-order chi connectivity index (χ1) is 8.70. The van der Waals surface area contributed by atoms with Crippen molar-refractivity contribution in [3.05, 3.63) is 17.7 Å². The lowest BCUT2D eigenvalue weighted by Crippen LogP contribution is -2.33. The Balaban J connectivity index is 1.66. The molecule has 0 radical (unpaired) electrons. The first-order valence-corrected chi connectivity index (χ1v) is 7.12. The van der Waals surface area contributed by atoms with Crippen LogP contribution in [0.1, 0.15) is 30.8 Å². The summed E-state index contributed by atoms with van der Waals surface area (Å²) >= 11 is 0. The van der Waals surface area contributed by atoms with E-state index in [2.05, 4.69) is 22.7 Å². The fourth-order valence-corrected chi connectivity index (χ4v) is 3.30. The van der Waals surface area contributed by atoms with Gasteiger partial charge in [-0.25, -0.2) is 4.98 Å². The number of aliphatic hydroxyl groups excluding tert-OH is 1. The van der Waals surface area contributed by atoms with Gasteiger partial charge in [0.25, 0.3) is 0 Å². The Bertz CT molecular complexity index is 415. The summed E-state index contributed by atoms with van der Waals surface area (Å²) in [5.41, 5.74) is 1.22. The second kappa shape index (κ2) is 5.02. The highest BCUT2D eigenvalue weighted by Gasteiger charge is 2.22. The average Bonchev–Trinajstić information content (AvgIpc) is 2.70. The van der Waals surface area contributed by atoms with Crippen LogP contribution in [0.2, 0.25) is 0 Å². The second-order valence-electron chi connectivity index (χ2n) is 5.96. The Morgan fingerprint density at radius 3 is 3.11 bits per heavy atom. The number of likely N-dealkylation sites (tertiary alicyclic amines) is 1. The Morgan fingerprint density at radius 2 is 2.28 bits per heavy atom. The topological polar surface area (TPSA) is 41.3 Å². The van der Waals surface area contributed by atoms with Crippen LogP contribution in [0.25, 0.3) is 0 Å². The molecule has 0 saturated carbocycles. The predicted molar refractivity (Wildman–Crippen MR) is 70.5 cm³/mol. The third-order valence-electron chi connectivity index (χ3n) is 4.25. The molecular weight excluding hydrogens is 226 g/mol. The first kappa shape index (κ1) is 12.2. The van der Waals surface area contributed by atoms with Gasteiger partial charge in [-0.15, -0.1) is 0 Å². The number of aliphatic hydroxyl groups is 1. The van der Waals surface area contributed by atoms with Crippen LogP contribution in [0.4, 0.5) is 0 Å². The van der Waals surface area contributed by atoms with Crippen molar-refractivity contribution >= 4 is 0 Å². The Kier molecular flexibility index (Phi) is 3.39. The van der Waals surface area contributed by atoms with Crippen LogP contribution < -0.4 is 0 Å². The summed E-state index contributed by atoms with van der Waals surface area (Å²) < 4.78 is 2.23. The molecule has 4 nitrogen and oxygen atoms in total. The monoisotopic (exact) mass is 249 g/mol. The Hall–Kier alpha value is -0.870. The Morgan fingerprint density at radius 1 is 1.39 bits per heavy atom. The number of rotatable bonds is 2. The number of aryl methyl sites for hydroxylation is 1. The van der Waals surface area contributed by atoms with Crippen LogP contribution in [-0.4, -0.2) is 45.8 Å². The highest BCUT2D eigenvalue weighted by atomic mass is 16.3. The highest BCUT2D eigenvalue weighted by Crippen LogP contribution is 2.21. The maximum atomic E-state index is 9.66. The molecule has 2 atom stereocenters. The van der Waals surface area contributed by atoms with Gasteiger partial charge < -0.3 is 14.6 Å². The number of hydrogen-bond donors (Lipinski definition) is 1. The van der Waals surface area contributed by atoms with E-state index in [4.69, 9.17) is 4.98 Å². The van der Waals surface area contributed by atoms with Crippen LogP contribution in [0, 0.1) is 5.92 Å². The molecule has 4 heteroatoms. The minimum absolute atomic E-state index is 0.187. The highest BCUT2D eigenvalue weighted by molar-refractivity contribution is 5.08.